The lowest BCUT2D eigenvalue weighted by molar-refractivity contribution is -0.134. The molecule has 1 aromatic rings. The zero-order valence-electron chi connectivity index (χ0n) is 9.65. The Morgan fingerprint density at radius 1 is 1.44 bits per heavy atom. The van der Waals surface area contributed by atoms with Crippen molar-refractivity contribution in [1.29, 1.82) is 0 Å². The maximum absolute atomic E-state index is 12.0. The molecule has 0 spiro atoms. The molecule has 0 aromatic heterocycles. The van der Waals surface area contributed by atoms with Crippen molar-refractivity contribution >= 4 is 5.91 Å². The Kier molecular flexibility index (Phi) is 3.57. The fourth-order valence-corrected chi connectivity index (χ4v) is 2.11. The van der Waals surface area contributed by atoms with Crippen LogP contribution in [-0.2, 0) is 11.3 Å². The van der Waals surface area contributed by atoms with Gasteiger partial charge in [0.2, 0.25) is 5.91 Å². The fraction of sp³-hybridized carbons (Fsp3) is 0.462. The maximum atomic E-state index is 12.0. The van der Waals surface area contributed by atoms with Gasteiger partial charge in [0.05, 0.1) is 5.92 Å². The van der Waals surface area contributed by atoms with Crippen LogP contribution < -0.4 is 5.32 Å². The number of rotatable bonds is 3. The smallest absolute Gasteiger partial charge is 0.227 e. The molecule has 0 aliphatic carbocycles. The Bertz CT molecular complexity index is 344. The van der Waals surface area contributed by atoms with E-state index in [0.717, 1.165) is 19.5 Å². The average molecular weight is 218 g/mol. The zero-order valence-corrected chi connectivity index (χ0v) is 9.65. The van der Waals surface area contributed by atoms with Crippen molar-refractivity contribution in [2.24, 2.45) is 5.92 Å². The lowest BCUT2D eigenvalue weighted by Gasteiger charge is -2.20. The molecule has 86 valence electrons. The van der Waals surface area contributed by atoms with Gasteiger partial charge >= 0.3 is 0 Å². The monoisotopic (exact) mass is 218 g/mol. The summed E-state index contributed by atoms with van der Waals surface area (Å²) in [5, 5.41) is 3.22. The molecule has 0 saturated carbocycles. The highest BCUT2D eigenvalue weighted by molar-refractivity contribution is 5.79. The minimum absolute atomic E-state index is 0.175. The molecule has 3 heteroatoms. The lowest BCUT2D eigenvalue weighted by atomic mass is 10.1. The fourth-order valence-electron chi connectivity index (χ4n) is 2.11. The van der Waals surface area contributed by atoms with Crippen molar-refractivity contribution < 1.29 is 4.79 Å². The van der Waals surface area contributed by atoms with E-state index in [1.54, 1.807) is 0 Å². The van der Waals surface area contributed by atoms with Crippen molar-refractivity contribution in [3.8, 4) is 0 Å². The predicted octanol–water partition coefficient (Wildman–Crippen LogP) is 1.25. The number of hydrogen-bond donors (Lipinski definition) is 1. The Balaban J connectivity index is 1.92. The van der Waals surface area contributed by atoms with Crippen LogP contribution in [0.15, 0.2) is 30.3 Å². The van der Waals surface area contributed by atoms with Gasteiger partial charge in [0.25, 0.3) is 0 Å². The van der Waals surface area contributed by atoms with Crippen LogP contribution in [0.4, 0.5) is 0 Å². The summed E-state index contributed by atoms with van der Waals surface area (Å²) in [6.45, 7) is 2.50. The second-order valence-electron chi connectivity index (χ2n) is 4.37. The number of carbonyl (C=O) groups excluding carboxylic acids is 1. The van der Waals surface area contributed by atoms with Gasteiger partial charge in [-0.05, 0) is 18.5 Å². The van der Waals surface area contributed by atoms with Crippen molar-refractivity contribution in [3.63, 3.8) is 0 Å². The molecule has 0 radical (unpaired) electrons. The molecular weight excluding hydrogens is 200 g/mol. The van der Waals surface area contributed by atoms with E-state index in [-0.39, 0.29) is 11.8 Å². The molecule has 2 rings (SSSR count). The van der Waals surface area contributed by atoms with Crippen LogP contribution in [0.1, 0.15) is 12.0 Å². The van der Waals surface area contributed by atoms with Gasteiger partial charge in [0.15, 0.2) is 0 Å². The van der Waals surface area contributed by atoms with Gasteiger partial charge in [0.1, 0.15) is 0 Å². The maximum Gasteiger partial charge on any atom is 0.227 e. The Hall–Kier alpha value is -1.35. The van der Waals surface area contributed by atoms with E-state index in [0.29, 0.717) is 6.54 Å². The van der Waals surface area contributed by atoms with Gasteiger partial charge in [-0.15, -0.1) is 0 Å². The summed E-state index contributed by atoms with van der Waals surface area (Å²) in [7, 11) is 1.88. The number of nitrogens with zero attached hydrogens (tertiary/aromatic N) is 1. The second kappa shape index (κ2) is 5.12. The van der Waals surface area contributed by atoms with Crippen molar-refractivity contribution in [2.45, 2.75) is 13.0 Å². The molecule has 1 aliphatic heterocycles. The number of nitrogens with one attached hydrogen (secondary N) is 1. The first kappa shape index (κ1) is 11.1. The number of amides is 1. The lowest BCUT2D eigenvalue weighted by Crippen LogP contribution is -2.33. The highest BCUT2D eigenvalue weighted by Gasteiger charge is 2.24. The molecule has 1 saturated heterocycles. The molecule has 1 aromatic carbocycles. The number of benzene rings is 1. The molecule has 1 amide bonds. The van der Waals surface area contributed by atoms with E-state index in [1.165, 1.54) is 5.56 Å². The summed E-state index contributed by atoms with van der Waals surface area (Å²) in [6.07, 6.45) is 0.970. The van der Waals surface area contributed by atoms with E-state index >= 15 is 0 Å². The van der Waals surface area contributed by atoms with Gasteiger partial charge in [-0.25, -0.2) is 0 Å². The standard InChI is InChI=1S/C13H18N2O/c1-15(10-11-5-3-2-4-6-11)13(16)12-7-8-14-9-12/h2-6,12,14H,7-10H2,1H3. The summed E-state index contributed by atoms with van der Waals surface area (Å²) >= 11 is 0. The normalized spacial score (nSPS) is 19.7. The van der Waals surface area contributed by atoms with Gasteiger partial charge in [-0.2, -0.15) is 0 Å². The third-order valence-corrected chi connectivity index (χ3v) is 3.05. The Morgan fingerprint density at radius 2 is 2.19 bits per heavy atom. The molecule has 1 heterocycles. The van der Waals surface area contributed by atoms with Crippen molar-refractivity contribution in [3.05, 3.63) is 35.9 Å². The number of hydrogen-bond acceptors (Lipinski definition) is 2. The van der Waals surface area contributed by atoms with Crippen LogP contribution in [0.3, 0.4) is 0 Å². The third-order valence-electron chi connectivity index (χ3n) is 3.05. The average Bonchev–Trinajstić information content (AvgIpc) is 2.83. The van der Waals surface area contributed by atoms with Crippen LogP contribution in [0.5, 0.6) is 0 Å². The van der Waals surface area contributed by atoms with Crippen LogP contribution in [0, 0.1) is 5.92 Å². The minimum atomic E-state index is 0.175. The number of carbonyl (C=O) groups is 1. The van der Waals surface area contributed by atoms with E-state index in [1.807, 2.05) is 30.1 Å². The first-order chi connectivity index (χ1) is 7.77. The largest absolute Gasteiger partial charge is 0.341 e. The first-order valence-electron chi connectivity index (χ1n) is 5.77. The zero-order chi connectivity index (χ0) is 11.4. The first-order valence-corrected chi connectivity index (χ1v) is 5.77. The topological polar surface area (TPSA) is 32.3 Å². The van der Waals surface area contributed by atoms with Crippen LogP contribution in [0.25, 0.3) is 0 Å². The molecule has 16 heavy (non-hydrogen) atoms. The highest BCUT2D eigenvalue weighted by Crippen LogP contribution is 2.12. The molecular formula is C13H18N2O. The molecule has 1 aliphatic rings. The minimum Gasteiger partial charge on any atom is -0.341 e. The van der Waals surface area contributed by atoms with Crippen LogP contribution in [0.2, 0.25) is 0 Å². The molecule has 1 atom stereocenters. The van der Waals surface area contributed by atoms with Gasteiger partial charge in [-0.3, -0.25) is 4.79 Å². The van der Waals surface area contributed by atoms with E-state index in [4.69, 9.17) is 0 Å². The van der Waals surface area contributed by atoms with Gasteiger partial charge in [0, 0.05) is 20.1 Å². The van der Waals surface area contributed by atoms with Crippen molar-refractivity contribution in [2.75, 3.05) is 20.1 Å². The van der Waals surface area contributed by atoms with E-state index in [9.17, 15) is 4.79 Å². The van der Waals surface area contributed by atoms with E-state index in [2.05, 4.69) is 17.4 Å². The molecule has 1 fully saturated rings. The summed E-state index contributed by atoms with van der Waals surface area (Å²) < 4.78 is 0. The Morgan fingerprint density at radius 3 is 2.81 bits per heavy atom. The highest BCUT2D eigenvalue weighted by atomic mass is 16.2. The van der Waals surface area contributed by atoms with Crippen molar-refractivity contribution in [1.82, 2.24) is 10.2 Å². The third kappa shape index (κ3) is 2.61. The molecule has 1 unspecified atom stereocenters. The second-order valence-corrected chi connectivity index (χ2v) is 4.37. The predicted molar refractivity (Wildman–Crippen MR) is 63.9 cm³/mol. The van der Waals surface area contributed by atoms with E-state index < -0.39 is 0 Å². The molecule has 3 nitrogen and oxygen atoms in total. The van der Waals surface area contributed by atoms with Crippen LogP contribution >= 0.6 is 0 Å². The molecule has 0 bridgehead atoms. The van der Waals surface area contributed by atoms with Crippen LogP contribution in [-0.4, -0.2) is 30.9 Å². The Labute approximate surface area is 96.5 Å². The quantitative estimate of drug-likeness (QED) is 0.828. The summed E-state index contributed by atoms with van der Waals surface area (Å²) in [4.78, 5) is 13.9. The molecule has 1 N–H and O–H groups in total. The van der Waals surface area contributed by atoms with Gasteiger partial charge in [-0.1, -0.05) is 30.3 Å². The van der Waals surface area contributed by atoms with Gasteiger partial charge < -0.3 is 10.2 Å². The summed E-state index contributed by atoms with van der Waals surface area (Å²) in [5.74, 6) is 0.433. The SMILES string of the molecule is CN(Cc1ccccc1)C(=O)C1CCNC1. The summed E-state index contributed by atoms with van der Waals surface area (Å²) in [6, 6.07) is 10.1. The summed E-state index contributed by atoms with van der Waals surface area (Å²) in [5.41, 5.74) is 1.18.